The second-order valence-electron chi connectivity index (χ2n) is 6.93. The van der Waals surface area contributed by atoms with E-state index in [1.54, 1.807) is 11.9 Å². The Balaban J connectivity index is 1.51. The third-order valence-electron chi connectivity index (χ3n) is 4.77. The molecule has 150 valence electrons. The second kappa shape index (κ2) is 9.45. The van der Waals surface area contributed by atoms with Gasteiger partial charge in [-0.25, -0.2) is 0 Å². The summed E-state index contributed by atoms with van der Waals surface area (Å²) in [5.74, 6) is 1.01. The molecule has 1 aliphatic rings. The van der Waals surface area contributed by atoms with Crippen LogP contribution in [0.15, 0.2) is 28.8 Å². The molecule has 28 heavy (non-hydrogen) atoms. The molecule has 1 aliphatic heterocycles. The fourth-order valence-corrected chi connectivity index (χ4v) is 3.26. The zero-order chi connectivity index (χ0) is 19.9. The molecule has 1 fully saturated rings. The van der Waals surface area contributed by atoms with Crippen LogP contribution < -0.4 is 5.32 Å². The Kier molecular flexibility index (Phi) is 6.76. The lowest BCUT2D eigenvalue weighted by molar-refractivity contribution is -0.141. The number of aromatic nitrogens is 2. The van der Waals surface area contributed by atoms with Gasteiger partial charge in [-0.1, -0.05) is 28.9 Å². The monoisotopic (exact) mass is 386 g/mol. The molecule has 8 heteroatoms. The molecule has 8 nitrogen and oxygen atoms in total. The maximum absolute atomic E-state index is 12.6. The van der Waals surface area contributed by atoms with E-state index in [1.807, 2.05) is 31.2 Å². The van der Waals surface area contributed by atoms with Gasteiger partial charge in [-0.2, -0.15) is 4.98 Å². The summed E-state index contributed by atoms with van der Waals surface area (Å²) in [5.41, 5.74) is 2.04. The SMILES string of the molecule is CNC(=O)C[C@@H]1COCCN1C(=O)CCCc1nc(-c2cccc(C)c2)no1. The predicted octanol–water partition coefficient (Wildman–Crippen LogP) is 1.73. The van der Waals surface area contributed by atoms with E-state index in [0.717, 1.165) is 11.1 Å². The highest BCUT2D eigenvalue weighted by atomic mass is 16.5. The van der Waals surface area contributed by atoms with Crippen LogP contribution in [0.1, 0.15) is 30.7 Å². The van der Waals surface area contributed by atoms with Crippen molar-refractivity contribution in [2.75, 3.05) is 26.8 Å². The smallest absolute Gasteiger partial charge is 0.226 e. The Bertz CT molecular complexity index is 820. The molecular formula is C20H26N4O4. The summed E-state index contributed by atoms with van der Waals surface area (Å²) in [6.45, 7) is 3.42. The third-order valence-corrected chi connectivity index (χ3v) is 4.77. The quantitative estimate of drug-likeness (QED) is 0.778. The van der Waals surface area contributed by atoms with Crippen LogP contribution in [0.3, 0.4) is 0 Å². The predicted molar refractivity (Wildman–Crippen MR) is 102 cm³/mol. The Morgan fingerprint density at radius 1 is 1.36 bits per heavy atom. The molecule has 1 aromatic heterocycles. The van der Waals surface area contributed by atoms with Crippen molar-refractivity contribution in [3.8, 4) is 11.4 Å². The van der Waals surface area contributed by atoms with Gasteiger partial charge in [-0.3, -0.25) is 9.59 Å². The average Bonchev–Trinajstić information content (AvgIpc) is 3.17. The van der Waals surface area contributed by atoms with Crippen molar-refractivity contribution in [3.63, 3.8) is 0 Å². The number of carbonyl (C=O) groups is 2. The zero-order valence-electron chi connectivity index (χ0n) is 16.3. The average molecular weight is 386 g/mol. The molecule has 3 rings (SSSR count). The summed E-state index contributed by atoms with van der Waals surface area (Å²) in [7, 11) is 1.59. The molecule has 0 unspecified atom stereocenters. The van der Waals surface area contributed by atoms with E-state index in [1.165, 1.54) is 0 Å². The topological polar surface area (TPSA) is 97.6 Å². The molecule has 0 bridgehead atoms. The van der Waals surface area contributed by atoms with Crippen LogP contribution in [0, 0.1) is 6.92 Å². The molecule has 2 heterocycles. The molecular weight excluding hydrogens is 360 g/mol. The summed E-state index contributed by atoms with van der Waals surface area (Å²) in [5, 5.41) is 6.62. The van der Waals surface area contributed by atoms with E-state index in [2.05, 4.69) is 15.5 Å². The van der Waals surface area contributed by atoms with Gasteiger partial charge in [0.05, 0.1) is 19.3 Å². The van der Waals surface area contributed by atoms with Gasteiger partial charge in [0.1, 0.15) is 0 Å². The van der Waals surface area contributed by atoms with E-state index in [9.17, 15) is 9.59 Å². The van der Waals surface area contributed by atoms with Crippen LogP contribution in [0.5, 0.6) is 0 Å². The van der Waals surface area contributed by atoms with Crippen LogP contribution in [0.25, 0.3) is 11.4 Å². The normalized spacial score (nSPS) is 16.8. The van der Waals surface area contributed by atoms with Gasteiger partial charge in [0, 0.05) is 38.4 Å². The molecule has 1 saturated heterocycles. The maximum Gasteiger partial charge on any atom is 0.226 e. The fourth-order valence-electron chi connectivity index (χ4n) is 3.26. The number of morpholine rings is 1. The summed E-state index contributed by atoms with van der Waals surface area (Å²) in [4.78, 5) is 30.4. The maximum atomic E-state index is 12.6. The molecule has 1 atom stereocenters. The van der Waals surface area contributed by atoms with E-state index in [4.69, 9.17) is 9.26 Å². The number of ether oxygens (including phenoxy) is 1. The van der Waals surface area contributed by atoms with E-state index in [-0.39, 0.29) is 24.3 Å². The van der Waals surface area contributed by atoms with Crippen molar-refractivity contribution in [1.82, 2.24) is 20.4 Å². The van der Waals surface area contributed by atoms with Crippen molar-refractivity contribution in [1.29, 1.82) is 0 Å². The van der Waals surface area contributed by atoms with Crippen molar-refractivity contribution in [3.05, 3.63) is 35.7 Å². The van der Waals surface area contributed by atoms with Gasteiger partial charge < -0.3 is 19.5 Å². The molecule has 2 amide bonds. The number of nitrogens with zero attached hydrogens (tertiary/aromatic N) is 3. The Hall–Kier alpha value is -2.74. The lowest BCUT2D eigenvalue weighted by Crippen LogP contribution is -2.50. The highest BCUT2D eigenvalue weighted by Crippen LogP contribution is 2.18. The van der Waals surface area contributed by atoms with Gasteiger partial charge in [0.25, 0.3) is 0 Å². The first-order chi connectivity index (χ1) is 13.6. The molecule has 0 radical (unpaired) electrons. The highest BCUT2D eigenvalue weighted by Gasteiger charge is 2.28. The Labute approximate surface area is 164 Å². The number of aryl methyl sites for hydroxylation is 2. The lowest BCUT2D eigenvalue weighted by atomic mass is 10.1. The number of nitrogens with one attached hydrogen (secondary N) is 1. The van der Waals surface area contributed by atoms with Gasteiger partial charge in [-0.15, -0.1) is 0 Å². The number of benzene rings is 1. The van der Waals surface area contributed by atoms with Gasteiger partial charge >= 0.3 is 0 Å². The van der Waals surface area contributed by atoms with Crippen molar-refractivity contribution < 1.29 is 18.8 Å². The van der Waals surface area contributed by atoms with Crippen LogP contribution in [0.2, 0.25) is 0 Å². The highest BCUT2D eigenvalue weighted by molar-refractivity contribution is 5.79. The molecule has 1 N–H and O–H groups in total. The summed E-state index contributed by atoms with van der Waals surface area (Å²) in [6.07, 6.45) is 1.77. The number of amides is 2. The first kappa shape index (κ1) is 20.0. The number of rotatable bonds is 7. The minimum absolute atomic E-state index is 0.0237. The van der Waals surface area contributed by atoms with Crippen LogP contribution in [-0.4, -0.2) is 59.7 Å². The van der Waals surface area contributed by atoms with E-state index < -0.39 is 0 Å². The van der Waals surface area contributed by atoms with Crippen molar-refractivity contribution >= 4 is 11.8 Å². The van der Waals surface area contributed by atoms with E-state index >= 15 is 0 Å². The van der Waals surface area contributed by atoms with Crippen LogP contribution in [0.4, 0.5) is 0 Å². The summed E-state index contributed by atoms with van der Waals surface area (Å²) < 4.78 is 10.7. The molecule has 2 aromatic rings. The Morgan fingerprint density at radius 3 is 3.00 bits per heavy atom. The van der Waals surface area contributed by atoms with Gasteiger partial charge in [-0.05, 0) is 19.4 Å². The minimum atomic E-state index is -0.211. The fraction of sp³-hybridized carbons (Fsp3) is 0.500. The third kappa shape index (κ3) is 5.16. The second-order valence-corrected chi connectivity index (χ2v) is 6.93. The molecule has 0 spiro atoms. The number of hydrogen-bond donors (Lipinski definition) is 1. The minimum Gasteiger partial charge on any atom is -0.377 e. The van der Waals surface area contributed by atoms with Gasteiger partial charge in [0.15, 0.2) is 0 Å². The van der Waals surface area contributed by atoms with Crippen molar-refractivity contribution in [2.24, 2.45) is 0 Å². The standard InChI is InChI=1S/C20H26N4O4/c1-14-5-3-6-15(11-14)20-22-18(28-23-20)7-4-8-19(26)24-9-10-27-13-16(24)12-17(25)21-2/h3,5-6,11,16H,4,7-10,12-13H2,1-2H3,(H,21,25)/t16-/m1/s1. The largest absolute Gasteiger partial charge is 0.377 e. The number of carbonyl (C=O) groups excluding carboxylic acids is 2. The Morgan fingerprint density at radius 2 is 2.21 bits per heavy atom. The lowest BCUT2D eigenvalue weighted by Gasteiger charge is -2.35. The van der Waals surface area contributed by atoms with Gasteiger partial charge in [0.2, 0.25) is 23.5 Å². The van der Waals surface area contributed by atoms with Crippen molar-refractivity contribution in [2.45, 2.75) is 38.6 Å². The summed E-state index contributed by atoms with van der Waals surface area (Å²) >= 11 is 0. The number of hydrogen-bond acceptors (Lipinski definition) is 6. The molecule has 0 saturated carbocycles. The zero-order valence-corrected chi connectivity index (χ0v) is 16.3. The molecule has 0 aliphatic carbocycles. The first-order valence-corrected chi connectivity index (χ1v) is 9.54. The summed E-state index contributed by atoms with van der Waals surface area (Å²) in [6, 6.07) is 7.70. The van der Waals surface area contributed by atoms with Crippen LogP contribution >= 0.6 is 0 Å². The molecule has 1 aromatic carbocycles. The van der Waals surface area contributed by atoms with E-state index in [0.29, 0.717) is 50.7 Å². The van der Waals surface area contributed by atoms with Crippen LogP contribution in [-0.2, 0) is 20.7 Å². The first-order valence-electron chi connectivity index (χ1n) is 9.54.